The largest absolute Gasteiger partial charge is 0.417 e. The van der Waals surface area contributed by atoms with Gasteiger partial charge in [0.15, 0.2) is 16.9 Å². The van der Waals surface area contributed by atoms with Gasteiger partial charge in [-0.1, -0.05) is 29.8 Å². The molecule has 148 valence electrons. The van der Waals surface area contributed by atoms with Crippen LogP contribution < -0.4 is 10.1 Å². The van der Waals surface area contributed by atoms with Gasteiger partial charge >= 0.3 is 6.09 Å². The number of carbonyl (C=O) groups excluding carboxylic acids is 1. The van der Waals surface area contributed by atoms with E-state index in [1.807, 2.05) is 37.4 Å². The number of aromatic nitrogens is 5. The van der Waals surface area contributed by atoms with Gasteiger partial charge in [-0.05, 0) is 30.3 Å². The molecule has 0 spiro atoms. The first kappa shape index (κ1) is 18.1. The summed E-state index contributed by atoms with van der Waals surface area (Å²) in [4.78, 5) is 24.3. The number of para-hydroxylation sites is 1. The second-order valence-electron chi connectivity index (χ2n) is 6.62. The molecule has 3 heterocycles. The van der Waals surface area contributed by atoms with Crippen LogP contribution in [0.15, 0.2) is 60.9 Å². The quantitative estimate of drug-likeness (QED) is 0.439. The molecule has 8 nitrogen and oxygen atoms in total. The maximum Gasteiger partial charge on any atom is 0.417 e. The van der Waals surface area contributed by atoms with E-state index in [4.69, 9.17) is 16.3 Å². The number of carbonyl (C=O) groups is 1. The fraction of sp³-hybridized carbons (Fsp3) is 0.0476. The van der Waals surface area contributed by atoms with Crippen LogP contribution in [0.3, 0.4) is 0 Å². The fourth-order valence-electron chi connectivity index (χ4n) is 3.25. The third-order valence-electron chi connectivity index (χ3n) is 4.62. The molecule has 0 saturated carbocycles. The molecule has 5 rings (SSSR count). The third kappa shape index (κ3) is 3.23. The number of ether oxygens (including phenoxy) is 1. The number of hydrogen-bond donors (Lipinski definition) is 2. The summed E-state index contributed by atoms with van der Waals surface area (Å²) in [6, 6.07) is 14.6. The number of nitrogens with zero attached hydrogens (tertiary/aromatic N) is 4. The van der Waals surface area contributed by atoms with Gasteiger partial charge in [0.25, 0.3) is 0 Å². The number of aryl methyl sites for hydroxylation is 1. The van der Waals surface area contributed by atoms with E-state index in [0.717, 1.165) is 10.9 Å². The van der Waals surface area contributed by atoms with Crippen molar-refractivity contribution in [1.29, 1.82) is 0 Å². The smallest absolute Gasteiger partial charge is 0.406 e. The second kappa shape index (κ2) is 7.16. The van der Waals surface area contributed by atoms with Crippen molar-refractivity contribution < 1.29 is 9.53 Å². The van der Waals surface area contributed by atoms with Gasteiger partial charge in [-0.3, -0.25) is 10.00 Å². The van der Waals surface area contributed by atoms with Crippen molar-refractivity contribution in [3.8, 4) is 17.1 Å². The highest BCUT2D eigenvalue weighted by Gasteiger charge is 2.17. The Morgan fingerprint density at radius 2 is 2.03 bits per heavy atom. The molecule has 0 atom stereocenters. The standard InChI is InChI=1S/C21H15ClN6O2/c1-28-16-9-12(22)7-8-14(16)18(27-28)15-10-23-20-19(26-15)17(11-24-20)30-21(29)25-13-5-3-2-4-6-13/h2-11H,1H3,(H,23,24)(H,25,29). The summed E-state index contributed by atoms with van der Waals surface area (Å²) in [5.41, 5.74) is 3.68. The van der Waals surface area contributed by atoms with Crippen LogP contribution in [0.25, 0.3) is 33.5 Å². The number of amides is 1. The first-order valence-corrected chi connectivity index (χ1v) is 9.47. The van der Waals surface area contributed by atoms with E-state index in [2.05, 4.69) is 25.4 Å². The normalized spacial score (nSPS) is 11.1. The molecular weight excluding hydrogens is 404 g/mol. The third-order valence-corrected chi connectivity index (χ3v) is 4.86. The van der Waals surface area contributed by atoms with E-state index >= 15 is 0 Å². The van der Waals surface area contributed by atoms with Crippen molar-refractivity contribution in [2.24, 2.45) is 7.05 Å². The van der Waals surface area contributed by atoms with Gasteiger partial charge in [0, 0.05) is 29.3 Å². The number of rotatable bonds is 3. The van der Waals surface area contributed by atoms with Gasteiger partial charge < -0.3 is 9.72 Å². The van der Waals surface area contributed by atoms with Gasteiger partial charge in [-0.15, -0.1) is 0 Å². The Morgan fingerprint density at radius 3 is 2.87 bits per heavy atom. The van der Waals surface area contributed by atoms with Crippen LogP contribution in [0.4, 0.5) is 10.5 Å². The highest BCUT2D eigenvalue weighted by atomic mass is 35.5. The lowest BCUT2D eigenvalue weighted by Crippen LogP contribution is -2.16. The zero-order chi connectivity index (χ0) is 20.7. The predicted molar refractivity (Wildman–Crippen MR) is 115 cm³/mol. The number of anilines is 1. The van der Waals surface area contributed by atoms with Gasteiger partial charge in [-0.25, -0.2) is 14.8 Å². The molecule has 0 saturated heterocycles. The van der Waals surface area contributed by atoms with E-state index in [1.54, 1.807) is 35.3 Å². The average Bonchev–Trinajstić information content (AvgIpc) is 3.29. The van der Waals surface area contributed by atoms with Crippen molar-refractivity contribution in [3.05, 3.63) is 65.9 Å². The molecule has 5 aromatic rings. The molecule has 0 fully saturated rings. The highest BCUT2D eigenvalue weighted by Crippen LogP contribution is 2.30. The molecule has 9 heteroatoms. The van der Waals surface area contributed by atoms with Gasteiger partial charge in [0.1, 0.15) is 11.4 Å². The van der Waals surface area contributed by atoms with Crippen LogP contribution in [0.2, 0.25) is 5.02 Å². The molecule has 0 aliphatic rings. The lowest BCUT2D eigenvalue weighted by Gasteiger charge is -2.05. The minimum atomic E-state index is -0.618. The van der Waals surface area contributed by atoms with Crippen LogP contribution in [0, 0.1) is 0 Å². The predicted octanol–water partition coefficient (Wildman–Crippen LogP) is 4.78. The number of fused-ring (bicyclic) bond motifs is 2. The minimum absolute atomic E-state index is 0.274. The van der Waals surface area contributed by atoms with Gasteiger partial charge in [-0.2, -0.15) is 5.10 Å². The van der Waals surface area contributed by atoms with E-state index in [-0.39, 0.29) is 5.75 Å². The van der Waals surface area contributed by atoms with Gasteiger partial charge in [0.2, 0.25) is 0 Å². The molecule has 0 aliphatic carbocycles. The lowest BCUT2D eigenvalue weighted by molar-refractivity contribution is 0.215. The Balaban J connectivity index is 1.50. The van der Waals surface area contributed by atoms with Gasteiger partial charge in [0.05, 0.1) is 11.7 Å². The number of nitrogens with one attached hydrogen (secondary N) is 2. The summed E-state index contributed by atoms with van der Waals surface area (Å²) in [5.74, 6) is 0.274. The van der Waals surface area contributed by atoms with E-state index in [1.165, 1.54) is 0 Å². The number of halogens is 1. The number of hydrogen-bond acceptors (Lipinski definition) is 5. The summed E-state index contributed by atoms with van der Waals surface area (Å²) in [5, 5.41) is 8.76. The summed E-state index contributed by atoms with van der Waals surface area (Å²) >= 11 is 6.11. The number of benzene rings is 2. The molecule has 0 bridgehead atoms. The number of H-pyrrole nitrogens is 1. The lowest BCUT2D eigenvalue weighted by atomic mass is 10.2. The molecular formula is C21H15ClN6O2. The van der Waals surface area contributed by atoms with Crippen LogP contribution >= 0.6 is 11.6 Å². The summed E-state index contributed by atoms with van der Waals surface area (Å²) in [6.45, 7) is 0. The monoisotopic (exact) mass is 418 g/mol. The van der Waals surface area contributed by atoms with Crippen molar-refractivity contribution in [1.82, 2.24) is 24.7 Å². The SMILES string of the molecule is Cn1nc(-c2cnc3[nH]cc(OC(=O)Nc4ccccc4)c3n2)c2ccc(Cl)cc21. The zero-order valence-electron chi connectivity index (χ0n) is 15.8. The average molecular weight is 419 g/mol. The van der Waals surface area contributed by atoms with Crippen LogP contribution in [-0.2, 0) is 7.05 Å². The van der Waals surface area contributed by atoms with Crippen LogP contribution in [0.5, 0.6) is 5.75 Å². The van der Waals surface area contributed by atoms with E-state index < -0.39 is 6.09 Å². The van der Waals surface area contributed by atoms with Crippen molar-refractivity contribution in [2.45, 2.75) is 0 Å². The minimum Gasteiger partial charge on any atom is -0.406 e. The Bertz CT molecular complexity index is 1390. The van der Waals surface area contributed by atoms with Crippen molar-refractivity contribution in [2.75, 3.05) is 5.32 Å². The van der Waals surface area contributed by atoms with Crippen molar-refractivity contribution >= 4 is 45.4 Å². The summed E-state index contributed by atoms with van der Waals surface area (Å²) in [6.07, 6.45) is 2.56. The molecule has 1 amide bonds. The Hall–Kier alpha value is -3.91. The fourth-order valence-corrected chi connectivity index (χ4v) is 3.41. The van der Waals surface area contributed by atoms with Crippen molar-refractivity contribution in [3.63, 3.8) is 0 Å². The first-order chi connectivity index (χ1) is 14.6. The molecule has 30 heavy (non-hydrogen) atoms. The van der Waals surface area contributed by atoms with Crippen LogP contribution in [-0.4, -0.2) is 30.8 Å². The molecule has 3 aromatic heterocycles. The molecule has 0 aliphatic heterocycles. The topological polar surface area (TPSA) is 97.7 Å². The molecule has 2 aromatic carbocycles. The Kier molecular flexibility index (Phi) is 4.33. The van der Waals surface area contributed by atoms with E-state index in [0.29, 0.717) is 33.3 Å². The Labute approximate surface area is 175 Å². The maximum absolute atomic E-state index is 12.3. The molecule has 2 N–H and O–H groups in total. The molecule has 0 radical (unpaired) electrons. The number of aromatic amines is 1. The first-order valence-electron chi connectivity index (χ1n) is 9.09. The zero-order valence-corrected chi connectivity index (χ0v) is 16.5. The summed E-state index contributed by atoms with van der Waals surface area (Å²) in [7, 11) is 1.84. The van der Waals surface area contributed by atoms with Crippen LogP contribution in [0.1, 0.15) is 0 Å². The maximum atomic E-state index is 12.3. The molecule has 0 unspecified atom stereocenters. The van der Waals surface area contributed by atoms with E-state index in [9.17, 15) is 4.79 Å². The summed E-state index contributed by atoms with van der Waals surface area (Å²) < 4.78 is 7.18. The Morgan fingerprint density at radius 1 is 1.20 bits per heavy atom. The highest BCUT2D eigenvalue weighted by molar-refractivity contribution is 6.31. The second-order valence-corrected chi connectivity index (χ2v) is 7.06.